The third kappa shape index (κ3) is 3.70. The second kappa shape index (κ2) is 5.38. The number of hydrogen-bond acceptors (Lipinski definition) is 2. The van der Waals surface area contributed by atoms with Crippen molar-refractivity contribution < 1.29 is 4.79 Å². The monoisotopic (exact) mass is 238 g/mol. The van der Waals surface area contributed by atoms with Gasteiger partial charge in [-0.1, -0.05) is 13.8 Å². The number of amides is 1. The van der Waals surface area contributed by atoms with Gasteiger partial charge in [-0.15, -0.1) is 0 Å². The zero-order chi connectivity index (χ0) is 12.4. The lowest BCUT2D eigenvalue weighted by Crippen LogP contribution is -2.43. The van der Waals surface area contributed by atoms with Crippen LogP contribution in [0.1, 0.15) is 46.0 Å². The summed E-state index contributed by atoms with van der Waals surface area (Å²) in [5.74, 6) is 1.86. The van der Waals surface area contributed by atoms with Crippen LogP contribution < -0.4 is 5.32 Å². The van der Waals surface area contributed by atoms with Crippen molar-refractivity contribution in [2.75, 3.05) is 13.6 Å². The second-order valence-electron chi connectivity index (χ2n) is 6.23. The van der Waals surface area contributed by atoms with Gasteiger partial charge in [0.15, 0.2) is 0 Å². The maximum absolute atomic E-state index is 11.9. The van der Waals surface area contributed by atoms with Crippen LogP contribution in [0, 0.1) is 11.8 Å². The number of carbonyl (C=O) groups excluding carboxylic acids is 1. The number of hydrogen-bond donors (Lipinski definition) is 1. The van der Waals surface area contributed by atoms with Gasteiger partial charge in [0.25, 0.3) is 0 Å². The van der Waals surface area contributed by atoms with Crippen LogP contribution in [0.15, 0.2) is 0 Å². The van der Waals surface area contributed by atoms with Gasteiger partial charge in [-0.2, -0.15) is 0 Å². The molecule has 2 aliphatic rings. The highest BCUT2D eigenvalue weighted by molar-refractivity contribution is 5.78. The molecular formula is C14H26N2O. The molecule has 2 fully saturated rings. The van der Waals surface area contributed by atoms with Crippen LogP contribution in [0.2, 0.25) is 0 Å². The van der Waals surface area contributed by atoms with E-state index in [1.165, 1.54) is 32.1 Å². The Kier molecular flexibility index (Phi) is 4.08. The van der Waals surface area contributed by atoms with Gasteiger partial charge in [0.1, 0.15) is 0 Å². The molecule has 17 heavy (non-hydrogen) atoms. The van der Waals surface area contributed by atoms with E-state index >= 15 is 0 Å². The van der Waals surface area contributed by atoms with Gasteiger partial charge >= 0.3 is 0 Å². The van der Waals surface area contributed by atoms with Crippen LogP contribution in [0.3, 0.4) is 0 Å². The van der Waals surface area contributed by atoms with E-state index in [4.69, 9.17) is 0 Å². The Labute approximate surface area is 105 Å². The Morgan fingerprint density at radius 3 is 2.29 bits per heavy atom. The molecule has 0 aromatic heterocycles. The first kappa shape index (κ1) is 12.9. The highest BCUT2D eigenvalue weighted by Gasteiger charge is 2.30. The number of carbonyl (C=O) groups is 1. The molecule has 2 unspecified atom stereocenters. The molecule has 0 heterocycles. The molecule has 0 radical (unpaired) electrons. The first-order valence-electron chi connectivity index (χ1n) is 7.05. The van der Waals surface area contributed by atoms with Gasteiger partial charge in [0.2, 0.25) is 5.91 Å². The van der Waals surface area contributed by atoms with Gasteiger partial charge in [-0.25, -0.2) is 0 Å². The highest BCUT2D eigenvalue weighted by atomic mass is 16.2. The van der Waals surface area contributed by atoms with Gasteiger partial charge in [-0.05, 0) is 43.9 Å². The van der Waals surface area contributed by atoms with E-state index in [2.05, 4.69) is 19.2 Å². The maximum atomic E-state index is 11.9. The summed E-state index contributed by atoms with van der Waals surface area (Å²) in [7, 11) is 1.94. The minimum absolute atomic E-state index is 0.262. The Morgan fingerprint density at radius 1 is 1.18 bits per heavy atom. The Hall–Kier alpha value is -0.570. The Bertz CT molecular complexity index is 265. The topological polar surface area (TPSA) is 32.3 Å². The fourth-order valence-electron chi connectivity index (χ4n) is 3.14. The van der Waals surface area contributed by atoms with E-state index in [0.29, 0.717) is 18.6 Å². The summed E-state index contributed by atoms with van der Waals surface area (Å²) in [5, 5.41) is 3.45. The van der Waals surface area contributed by atoms with Crippen LogP contribution in [0.5, 0.6) is 0 Å². The summed E-state index contributed by atoms with van der Waals surface area (Å²) in [5.41, 5.74) is 0. The zero-order valence-corrected chi connectivity index (χ0v) is 11.4. The summed E-state index contributed by atoms with van der Waals surface area (Å²) in [6.45, 7) is 5.17. The lowest BCUT2D eigenvalue weighted by atomic mass is 9.80. The van der Waals surface area contributed by atoms with Crippen molar-refractivity contribution in [3.63, 3.8) is 0 Å². The van der Waals surface area contributed by atoms with E-state index in [-0.39, 0.29) is 5.91 Å². The quantitative estimate of drug-likeness (QED) is 0.812. The van der Waals surface area contributed by atoms with E-state index in [1.54, 1.807) is 0 Å². The van der Waals surface area contributed by atoms with Crippen LogP contribution in [0.25, 0.3) is 0 Å². The van der Waals surface area contributed by atoms with Gasteiger partial charge < -0.3 is 10.2 Å². The average Bonchev–Trinajstić information content (AvgIpc) is 3.07. The average molecular weight is 238 g/mol. The molecule has 3 nitrogen and oxygen atoms in total. The molecule has 2 aliphatic carbocycles. The lowest BCUT2D eigenvalue weighted by Gasteiger charge is -2.32. The number of rotatable bonds is 4. The summed E-state index contributed by atoms with van der Waals surface area (Å²) >= 11 is 0. The minimum atomic E-state index is 0.262. The Balaban J connectivity index is 1.71. The lowest BCUT2D eigenvalue weighted by molar-refractivity contribution is -0.129. The van der Waals surface area contributed by atoms with Crippen LogP contribution in [-0.2, 0) is 4.79 Å². The molecule has 0 aromatic carbocycles. The second-order valence-corrected chi connectivity index (χ2v) is 6.23. The fourth-order valence-corrected chi connectivity index (χ4v) is 3.14. The summed E-state index contributed by atoms with van der Waals surface area (Å²) in [6.07, 6.45) is 6.18. The van der Waals surface area contributed by atoms with Crippen molar-refractivity contribution in [1.82, 2.24) is 10.2 Å². The van der Waals surface area contributed by atoms with Crippen molar-refractivity contribution in [3.05, 3.63) is 0 Å². The maximum Gasteiger partial charge on any atom is 0.236 e. The number of likely N-dealkylation sites (N-methyl/N-ethyl adjacent to an activating group) is 1. The van der Waals surface area contributed by atoms with Crippen molar-refractivity contribution in [3.8, 4) is 0 Å². The van der Waals surface area contributed by atoms with Gasteiger partial charge in [-0.3, -0.25) is 4.79 Å². The first-order valence-corrected chi connectivity index (χ1v) is 7.05. The molecule has 2 atom stereocenters. The SMILES string of the molecule is CC1CC(C)CC(NCC(=O)N(C)C2CC2)C1. The molecule has 1 amide bonds. The van der Waals surface area contributed by atoms with E-state index in [0.717, 1.165) is 11.8 Å². The zero-order valence-electron chi connectivity index (χ0n) is 11.4. The Morgan fingerprint density at radius 2 is 1.76 bits per heavy atom. The molecule has 2 saturated carbocycles. The van der Waals surface area contributed by atoms with Gasteiger partial charge in [0.05, 0.1) is 6.54 Å². The number of nitrogens with one attached hydrogen (secondary N) is 1. The predicted molar refractivity (Wildman–Crippen MR) is 69.8 cm³/mol. The molecule has 0 bridgehead atoms. The van der Waals surface area contributed by atoms with E-state index < -0.39 is 0 Å². The fraction of sp³-hybridized carbons (Fsp3) is 0.929. The van der Waals surface area contributed by atoms with Crippen molar-refractivity contribution >= 4 is 5.91 Å². The smallest absolute Gasteiger partial charge is 0.236 e. The van der Waals surface area contributed by atoms with Crippen molar-refractivity contribution in [1.29, 1.82) is 0 Å². The summed E-state index contributed by atoms with van der Waals surface area (Å²) in [4.78, 5) is 13.8. The van der Waals surface area contributed by atoms with Crippen LogP contribution in [0.4, 0.5) is 0 Å². The minimum Gasteiger partial charge on any atom is -0.342 e. The molecule has 0 aromatic rings. The predicted octanol–water partition coefficient (Wildman–Crippen LogP) is 2.02. The molecular weight excluding hydrogens is 212 g/mol. The molecule has 3 heteroatoms. The van der Waals surface area contributed by atoms with Crippen LogP contribution >= 0.6 is 0 Å². The summed E-state index contributed by atoms with van der Waals surface area (Å²) < 4.78 is 0. The third-order valence-corrected chi connectivity index (χ3v) is 4.21. The molecule has 0 spiro atoms. The van der Waals surface area contributed by atoms with E-state index in [1.807, 2.05) is 11.9 Å². The largest absolute Gasteiger partial charge is 0.342 e. The standard InChI is InChI=1S/C14H26N2O/c1-10-6-11(2)8-12(7-10)15-9-14(17)16(3)13-4-5-13/h10-13,15H,4-9H2,1-3H3. The molecule has 0 saturated heterocycles. The first-order chi connectivity index (χ1) is 8.06. The molecule has 98 valence electrons. The molecule has 1 N–H and O–H groups in total. The van der Waals surface area contributed by atoms with Crippen molar-refractivity contribution in [2.24, 2.45) is 11.8 Å². The normalized spacial score (nSPS) is 33.5. The van der Waals surface area contributed by atoms with E-state index in [9.17, 15) is 4.79 Å². The molecule has 2 rings (SSSR count). The number of nitrogens with zero attached hydrogens (tertiary/aromatic N) is 1. The third-order valence-electron chi connectivity index (χ3n) is 4.21. The molecule has 0 aliphatic heterocycles. The van der Waals surface area contributed by atoms with Gasteiger partial charge in [0, 0.05) is 19.1 Å². The van der Waals surface area contributed by atoms with Crippen LogP contribution in [-0.4, -0.2) is 36.5 Å². The summed E-state index contributed by atoms with van der Waals surface area (Å²) in [6, 6.07) is 1.08. The highest BCUT2D eigenvalue weighted by Crippen LogP contribution is 2.28. The van der Waals surface area contributed by atoms with Crippen molar-refractivity contribution in [2.45, 2.75) is 58.0 Å².